The van der Waals surface area contributed by atoms with Crippen LogP contribution in [0.2, 0.25) is 0 Å². The van der Waals surface area contributed by atoms with Gasteiger partial charge in [0.25, 0.3) is 0 Å². The number of aliphatic hydroxyl groups is 2. The maximum absolute atomic E-state index is 10.2. The summed E-state index contributed by atoms with van der Waals surface area (Å²) in [5.41, 5.74) is 3.86. The Morgan fingerprint density at radius 2 is 2.03 bits per heavy atom. The minimum Gasteiger partial charge on any atom is -0.393 e. The minimum absolute atomic E-state index is 0.419. The molecule has 1 aliphatic heterocycles. The third-order valence-corrected chi connectivity index (χ3v) is 9.04. The molecule has 0 aromatic heterocycles. The Kier molecular flexibility index (Phi) is 6.63. The van der Waals surface area contributed by atoms with Gasteiger partial charge in [0.05, 0.1) is 12.2 Å². The maximum Gasteiger partial charge on any atom is 0.0811 e. The van der Waals surface area contributed by atoms with Crippen molar-refractivity contribution in [3.8, 4) is 0 Å². The molecule has 3 saturated carbocycles. The van der Waals surface area contributed by atoms with E-state index in [9.17, 15) is 10.2 Å². The van der Waals surface area contributed by atoms with Gasteiger partial charge in [0.1, 0.15) is 0 Å². The Hall–Kier alpha value is -0.900. The highest BCUT2D eigenvalue weighted by Gasteiger charge is 2.50. The van der Waals surface area contributed by atoms with Crippen LogP contribution < -0.4 is 0 Å². The summed E-state index contributed by atoms with van der Waals surface area (Å²) in [5.74, 6) is 3.15. The highest BCUT2D eigenvalue weighted by atomic mass is 16.3. The van der Waals surface area contributed by atoms with E-state index in [0.29, 0.717) is 24.2 Å². The van der Waals surface area contributed by atoms with E-state index in [0.717, 1.165) is 28.9 Å². The number of rotatable bonds is 4. The smallest absolute Gasteiger partial charge is 0.0811 e. The molecule has 0 spiro atoms. The lowest BCUT2D eigenvalue weighted by Gasteiger charge is -2.45. The largest absolute Gasteiger partial charge is 0.393 e. The van der Waals surface area contributed by atoms with Crippen molar-refractivity contribution in [1.82, 2.24) is 4.90 Å². The fourth-order valence-electron chi connectivity index (χ4n) is 7.41. The second-order valence-corrected chi connectivity index (χ2v) is 11.3. The monoisotopic (exact) mass is 413 g/mol. The molecule has 4 aliphatic rings. The number of allylic oxidation sites excluding steroid dienone is 3. The van der Waals surface area contributed by atoms with Crippen molar-refractivity contribution in [2.24, 2.45) is 29.1 Å². The molecule has 168 valence electrons. The van der Waals surface area contributed by atoms with Crippen LogP contribution in [0.5, 0.6) is 0 Å². The summed E-state index contributed by atoms with van der Waals surface area (Å²) in [5, 5.41) is 20.2. The van der Waals surface area contributed by atoms with E-state index in [2.05, 4.69) is 44.4 Å². The van der Waals surface area contributed by atoms with Crippen LogP contribution in [0.15, 0.2) is 35.5 Å². The number of hydrogen-bond donors (Lipinski definition) is 2. The van der Waals surface area contributed by atoms with Gasteiger partial charge in [-0.1, -0.05) is 45.1 Å². The Balaban J connectivity index is 1.47. The van der Waals surface area contributed by atoms with Crippen LogP contribution in [0, 0.1) is 29.1 Å². The molecule has 1 unspecified atom stereocenters. The standard InChI is InChI=1S/C27H43NO2/c1-18-11-13-28(16-18)17-19(2)24-9-10-25-21(6-5-12-27(24,25)4)7-8-22-14-23(29)15-26(30)20(22)3/h7-8,18-19,23-26,29-30H,3,5-6,9-17H2,1-2,4H3/b21-7+,22-8-/t18-,19?,23-,24-,25+,26+,27-/m1/s1. The number of nitrogens with zero attached hydrogens (tertiary/aromatic N) is 1. The average molecular weight is 414 g/mol. The molecule has 7 atom stereocenters. The highest BCUT2D eigenvalue weighted by Crippen LogP contribution is 2.59. The molecule has 3 nitrogen and oxygen atoms in total. The zero-order valence-electron chi connectivity index (χ0n) is 19.4. The van der Waals surface area contributed by atoms with Crippen molar-refractivity contribution < 1.29 is 10.2 Å². The summed E-state index contributed by atoms with van der Waals surface area (Å²) in [6, 6.07) is 0. The van der Waals surface area contributed by atoms with E-state index in [-0.39, 0.29) is 0 Å². The fourth-order valence-corrected chi connectivity index (χ4v) is 7.41. The van der Waals surface area contributed by atoms with E-state index in [1.807, 2.05) is 0 Å². The van der Waals surface area contributed by atoms with Crippen molar-refractivity contribution >= 4 is 0 Å². The first-order chi connectivity index (χ1) is 14.3. The third kappa shape index (κ3) is 4.36. The van der Waals surface area contributed by atoms with Crippen molar-refractivity contribution in [3.05, 3.63) is 35.5 Å². The van der Waals surface area contributed by atoms with Gasteiger partial charge in [-0.25, -0.2) is 0 Å². The first-order valence-electron chi connectivity index (χ1n) is 12.4. The van der Waals surface area contributed by atoms with Gasteiger partial charge in [-0.2, -0.15) is 0 Å². The van der Waals surface area contributed by atoms with Crippen LogP contribution in [-0.2, 0) is 0 Å². The second kappa shape index (κ2) is 8.92. The Morgan fingerprint density at radius 3 is 2.77 bits per heavy atom. The molecule has 0 aromatic rings. The van der Waals surface area contributed by atoms with Crippen LogP contribution in [0.4, 0.5) is 0 Å². The molecule has 3 heteroatoms. The normalized spacial score (nSPS) is 44.0. The van der Waals surface area contributed by atoms with Crippen molar-refractivity contribution in [3.63, 3.8) is 0 Å². The molecule has 0 radical (unpaired) electrons. The van der Waals surface area contributed by atoms with Gasteiger partial charge in [0.15, 0.2) is 0 Å². The second-order valence-electron chi connectivity index (χ2n) is 11.3. The average Bonchev–Trinajstić information content (AvgIpc) is 3.25. The topological polar surface area (TPSA) is 43.7 Å². The fraction of sp³-hybridized carbons (Fsp3) is 0.778. The lowest BCUT2D eigenvalue weighted by Crippen LogP contribution is -2.39. The van der Waals surface area contributed by atoms with Gasteiger partial charge < -0.3 is 15.1 Å². The van der Waals surface area contributed by atoms with Crippen LogP contribution >= 0.6 is 0 Å². The van der Waals surface area contributed by atoms with Gasteiger partial charge in [-0.15, -0.1) is 0 Å². The lowest BCUT2D eigenvalue weighted by molar-refractivity contribution is 0.0816. The van der Waals surface area contributed by atoms with Crippen LogP contribution in [0.3, 0.4) is 0 Å². The SMILES string of the molecule is C=C1/C(=C\C=C2/CCC[C@]3(C)[C@@H](C(C)CN4CC[C@@H](C)C4)CC[C@@H]23)C[C@@H](O)C[C@@H]1O. The summed E-state index contributed by atoms with van der Waals surface area (Å²) < 4.78 is 0. The molecule has 3 aliphatic carbocycles. The van der Waals surface area contributed by atoms with E-state index in [4.69, 9.17) is 0 Å². The summed E-state index contributed by atoms with van der Waals surface area (Å²) in [6.45, 7) is 15.4. The van der Waals surface area contributed by atoms with Crippen molar-refractivity contribution in [2.45, 2.75) is 84.3 Å². The Labute approximate surface area is 183 Å². The Morgan fingerprint density at radius 1 is 1.23 bits per heavy atom. The first kappa shape index (κ1) is 22.3. The predicted octanol–water partition coefficient (Wildman–Crippen LogP) is 5.11. The van der Waals surface area contributed by atoms with Crippen molar-refractivity contribution in [1.29, 1.82) is 0 Å². The maximum atomic E-state index is 10.2. The molecule has 4 rings (SSSR count). The van der Waals surface area contributed by atoms with Gasteiger partial charge in [0, 0.05) is 19.5 Å². The highest BCUT2D eigenvalue weighted by molar-refractivity contribution is 5.38. The molecule has 1 saturated heterocycles. The van der Waals surface area contributed by atoms with Crippen LogP contribution in [0.25, 0.3) is 0 Å². The number of hydrogen-bond acceptors (Lipinski definition) is 3. The van der Waals surface area contributed by atoms with E-state index in [1.165, 1.54) is 58.2 Å². The Bertz CT molecular complexity index is 710. The van der Waals surface area contributed by atoms with Crippen molar-refractivity contribution in [2.75, 3.05) is 19.6 Å². The lowest BCUT2D eigenvalue weighted by atomic mass is 9.61. The molecule has 0 amide bonds. The number of fused-ring (bicyclic) bond motifs is 1. The third-order valence-electron chi connectivity index (χ3n) is 9.04. The van der Waals surface area contributed by atoms with E-state index < -0.39 is 12.2 Å². The quantitative estimate of drug-likeness (QED) is 0.673. The van der Waals surface area contributed by atoms with Gasteiger partial charge in [0.2, 0.25) is 0 Å². The van der Waals surface area contributed by atoms with Gasteiger partial charge in [-0.3, -0.25) is 0 Å². The predicted molar refractivity (Wildman–Crippen MR) is 124 cm³/mol. The molecular formula is C27H43NO2. The molecule has 0 aromatic carbocycles. The van der Waals surface area contributed by atoms with E-state index in [1.54, 1.807) is 5.57 Å². The van der Waals surface area contributed by atoms with Gasteiger partial charge >= 0.3 is 0 Å². The minimum atomic E-state index is -0.597. The summed E-state index contributed by atoms with van der Waals surface area (Å²) >= 11 is 0. The molecule has 4 fully saturated rings. The number of likely N-dealkylation sites (tertiary alicyclic amines) is 1. The summed E-state index contributed by atoms with van der Waals surface area (Å²) in [6.07, 6.45) is 12.4. The zero-order valence-corrected chi connectivity index (χ0v) is 19.4. The molecule has 2 N–H and O–H groups in total. The van der Waals surface area contributed by atoms with Crippen LogP contribution in [0.1, 0.15) is 72.1 Å². The molecule has 1 heterocycles. The zero-order chi connectivity index (χ0) is 21.5. The molecular weight excluding hydrogens is 370 g/mol. The van der Waals surface area contributed by atoms with Crippen LogP contribution in [-0.4, -0.2) is 47.0 Å². The first-order valence-corrected chi connectivity index (χ1v) is 12.4. The number of aliphatic hydroxyl groups excluding tert-OH is 2. The van der Waals surface area contributed by atoms with Gasteiger partial charge in [-0.05, 0) is 91.7 Å². The molecule has 30 heavy (non-hydrogen) atoms. The van der Waals surface area contributed by atoms with E-state index >= 15 is 0 Å². The molecule has 0 bridgehead atoms. The summed E-state index contributed by atoms with van der Waals surface area (Å²) in [4.78, 5) is 2.71. The summed E-state index contributed by atoms with van der Waals surface area (Å²) in [7, 11) is 0.